The van der Waals surface area contributed by atoms with E-state index >= 15 is 0 Å². The van der Waals surface area contributed by atoms with E-state index in [9.17, 15) is 0 Å². The van der Waals surface area contributed by atoms with E-state index in [4.69, 9.17) is 16.3 Å². The number of ether oxygens (including phenoxy) is 1. The van der Waals surface area contributed by atoms with E-state index < -0.39 is 0 Å². The fraction of sp³-hybridized carbons (Fsp3) is 0.500. The van der Waals surface area contributed by atoms with Crippen LogP contribution in [0, 0.1) is 5.92 Å². The lowest BCUT2D eigenvalue weighted by atomic mass is 10.1. The van der Waals surface area contributed by atoms with Gasteiger partial charge in [-0.2, -0.15) is 5.10 Å². The molecule has 1 aliphatic heterocycles. The van der Waals surface area contributed by atoms with Crippen molar-refractivity contribution in [1.82, 2.24) is 20.2 Å². The smallest absolute Gasteiger partial charge is 0.233 e. The molecule has 120 valence electrons. The summed E-state index contributed by atoms with van der Waals surface area (Å²) >= 11 is 5.82. The van der Waals surface area contributed by atoms with E-state index in [2.05, 4.69) is 25.1 Å². The summed E-state index contributed by atoms with van der Waals surface area (Å²) in [4.78, 5) is 10.7. The number of rotatable bonds is 5. The van der Waals surface area contributed by atoms with Gasteiger partial charge in [-0.25, -0.2) is 9.97 Å². The van der Waals surface area contributed by atoms with Gasteiger partial charge >= 0.3 is 0 Å². The van der Waals surface area contributed by atoms with Gasteiger partial charge in [-0.05, 0) is 25.3 Å². The highest BCUT2D eigenvalue weighted by Gasteiger charge is 2.26. The Hall–Kier alpha value is -1.95. The standard InChI is InChI=1S/C16H18ClN5O/c17-13-7-18-16(19-8-13)22-6-5-11(9-22)10-23-15-4-3-14(20-21-15)12-1-2-12/h3-4,7-8,11-12H,1-2,5-6,9-10H2. The van der Waals surface area contributed by atoms with Crippen molar-refractivity contribution in [3.8, 4) is 5.88 Å². The van der Waals surface area contributed by atoms with Gasteiger partial charge in [0.15, 0.2) is 0 Å². The lowest BCUT2D eigenvalue weighted by Crippen LogP contribution is -2.23. The number of hydrogen-bond donors (Lipinski definition) is 0. The van der Waals surface area contributed by atoms with E-state index in [1.54, 1.807) is 12.4 Å². The van der Waals surface area contributed by atoms with Crippen molar-refractivity contribution in [2.24, 2.45) is 5.92 Å². The Morgan fingerprint density at radius 3 is 2.65 bits per heavy atom. The van der Waals surface area contributed by atoms with E-state index in [1.807, 2.05) is 12.1 Å². The van der Waals surface area contributed by atoms with Crippen LogP contribution in [0.5, 0.6) is 5.88 Å². The average Bonchev–Trinajstić information content (AvgIpc) is 3.33. The maximum absolute atomic E-state index is 5.82. The van der Waals surface area contributed by atoms with Gasteiger partial charge < -0.3 is 9.64 Å². The van der Waals surface area contributed by atoms with Gasteiger partial charge in [0.25, 0.3) is 0 Å². The highest BCUT2D eigenvalue weighted by molar-refractivity contribution is 6.30. The molecule has 23 heavy (non-hydrogen) atoms. The largest absolute Gasteiger partial charge is 0.476 e. The van der Waals surface area contributed by atoms with Crippen LogP contribution in [0.4, 0.5) is 5.95 Å². The van der Waals surface area contributed by atoms with Crippen LogP contribution in [0.2, 0.25) is 5.02 Å². The first-order chi connectivity index (χ1) is 11.3. The highest BCUT2D eigenvalue weighted by Crippen LogP contribution is 2.38. The molecule has 2 fully saturated rings. The maximum Gasteiger partial charge on any atom is 0.233 e. The zero-order valence-electron chi connectivity index (χ0n) is 12.7. The predicted molar refractivity (Wildman–Crippen MR) is 86.9 cm³/mol. The highest BCUT2D eigenvalue weighted by atomic mass is 35.5. The topological polar surface area (TPSA) is 64.0 Å². The first-order valence-electron chi connectivity index (χ1n) is 7.97. The van der Waals surface area contributed by atoms with Crippen molar-refractivity contribution in [3.63, 3.8) is 0 Å². The molecule has 2 aliphatic rings. The van der Waals surface area contributed by atoms with Crippen LogP contribution >= 0.6 is 11.6 Å². The summed E-state index contributed by atoms with van der Waals surface area (Å²) in [7, 11) is 0. The molecule has 0 bridgehead atoms. The second-order valence-corrected chi connectivity index (χ2v) is 6.62. The fourth-order valence-corrected chi connectivity index (χ4v) is 2.92. The van der Waals surface area contributed by atoms with E-state index in [-0.39, 0.29) is 0 Å². The van der Waals surface area contributed by atoms with E-state index in [1.165, 1.54) is 12.8 Å². The second-order valence-electron chi connectivity index (χ2n) is 6.18. The van der Waals surface area contributed by atoms with Crippen LogP contribution in [-0.2, 0) is 0 Å². The predicted octanol–water partition coefficient (Wildman–Crippen LogP) is 2.70. The summed E-state index contributed by atoms with van der Waals surface area (Å²) < 4.78 is 5.79. The summed E-state index contributed by atoms with van der Waals surface area (Å²) in [5, 5.41) is 8.96. The molecule has 6 nitrogen and oxygen atoms in total. The Morgan fingerprint density at radius 2 is 1.96 bits per heavy atom. The molecule has 1 unspecified atom stereocenters. The zero-order chi connectivity index (χ0) is 15.6. The Balaban J connectivity index is 1.29. The summed E-state index contributed by atoms with van der Waals surface area (Å²) in [6.45, 7) is 2.46. The normalized spacial score (nSPS) is 20.7. The first-order valence-corrected chi connectivity index (χ1v) is 8.34. The van der Waals surface area contributed by atoms with Gasteiger partial charge in [0.1, 0.15) is 0 Å². The lowest BCUT2D eigenvalue weighted by molar-refractivity contribution is 0.249. The molecule has 3 heterocycles. The minimum atomic E-state index is 0.444. The van der Waals surface area contributed by atoms with Gasteiger partial charge in [0.2, 0.25) is 11.8 Å². The molecule has 1 aliphatic carbocycles. The molecule has 0 radical (unpaired) electrons. The molecular weight excluding hydrogens is 314 g/mol. The molecule has 1 atom stereocenters. The molecule has 0 amide bonds. The summed E-state index contributed by atoms with van der Waals surface area (Å²) in [6.07, 6.45) is 6.79. The summed E-state index contributed by atoms with van der Waals surface area (Å²) in [6, 6.07) is 3.96. The second kappa shape index (κ2) is 6.28. The summed E-state index contributed by atoms with van der Waals surface area (Å²) in [5.74, 6) is 2.40. The minimum absolute atomic E-state index is 0.444. The van der Waals surface area contributed by atoms with Crippen LogP contribution in [-0.4, -0.2) is 39.9 Å². The van der Waals surface area contributed by atoms with Gasteiger partial charge in [-0.1, -0.05) is 11.6 Å². The third-order valence-corrected chi connectivity index (χ3v) is 4.49. The molecule has 0 spiro atoms. The molecule has 1 saturated carbocycles. The van der Waals surface area contributed by atoms with Crippen molar-refractivity contribution in [2.45, 2.75) is 25.2 Å². The van der Waals surface area contributed by atoms with Crippen LogP contribution in [0.25, 0.3) is 0 Å². The van der Waals surface area contributed by atoms with Gasteiger partial charge in [0.05, 0.1) is 29.7 Å². The minimum Gasteiger partial charge on any atom is -0.476 e. The Bertz CT molecular complexity index is 659. The average molecular weight is 332 g/mol. The number of anilines is 1. The Morgan fingerprint density at radius 1 is 1.13 bits per heavy atom. The number of aromatic nitrogens is 4. The van der Waals surface area contributed by atoms with E-state index in [0.717, 1.165) is 31.2 Å². The molecule has 1 saturated heterocycles. The van der Waals surface area contributed by atoms with Gasteiger partial charge in [0, 0.05) is 31.0 Å². The molecule has 7 heteroatoms. The van der Waals surface area contributed by atoms with Gasteiger partial charge in [-0.15, -0.1) is 5.10 Å². The van der Waals surface area contributed by atoms with Crippen molar-refractivity contribution >= 4 is 17.5 Å². The quantitative estimate of drug-likeness (QED) is 0.839. The van der Waals surface area contributed by atoms with Gasteiger partial charge in [-0.3, -0.25) is 0 Å². The first kappa shape index (κ1) is 14.6. The van der Waals surface area contributed by atoms with E-state index in [0.29, 0.717) is 29.3 Å². The molecule has 4 rings (SSSR count). The van der Waals surface area contributed by atoms with Crippen molar-refractivity contribution in [1.29, 1.82) is 0 Å². The van der Waals surface area contributed by atoms with Crippen molar-refractivity contribution in [2.75, 3.05) is 24.6 Å². The van der Waals surface area contributed by atoms with Crippen molar-refractivity contribution < 1.29 is 4.74 Å². The van der Waals surface area contributed by atoms with Crippen LogP contribution in [0.15, 0.2) is 24.5 Å². The third-order valence-electron chi connectivity index (χ3n) is 4.30. The summed E-state index contributed by atoms with van der Waals surface area (Å²) in [5.41, 5.74) is 1.09. The number of nitrogens with zero attached hydrogens (tertiary/aromatic N) is 5. The molecular formula is C16H18ClN5O. The monoisotopic (exact) mass is 331 g/mol. The lowest BCUT2D eigenvalue weighted by Gasteiger charge is -2.16. The zero-order valence-corrected chi connectivity index (χ0v) is 13.5. The number of halogens is 1. The maximum atomic E-state index is 5.82. The molecule has 2 aromatic heterocycles. The Labute approximate surface area is 139 Å². The molecule has 2 aromatic rings. The fourth-order valence-electron chi connectivity index (χ4n) is 2.83. The molecule has 0 N–H and O–H groups in total. The SMILES string of the molecule is Clc1cnc(N2CCC(COc3ccc(C4CC4)nn3)C2)nc1. The van der Waals surface area contributed by atoms with Crippen LogP contribution in [0.3, 0.4) is 0 Å². The van der Waals surface area contributed by atoms with Crippen molar-refractivity contribution in [3.05, 3.63) is 35.2 Å². The third kappa shape index (κ3) is 3.52. The Kier molecular flexibility index (Phi) is 3.99. The van der Waals surface area contributed by atoms with Crippen LogP contribution in [0.1, 0.15) is 30.9 Å². The van der Waals surface area contributed by atoms with Crippen LogP contribution < -0.4 is 9.64 Å². The molecule has 0 aromatic carbocycles. The number of hydrogen-bond acceptors (Lipinski definition) is 6.